The van der Waals surface area contributed by atoms with Crippen LogP contribution < -0.4 is 5.32 Å². The van der Waals surface area contributed by atoms with Gasteiger partial charge in [0.2, 0.25) is 0 Å². The summed E-state index contributed by atoms with van der Waals surface area (Å²) in [5, 5.41) is 18.8. The number of aliphatic carboxylic acids is 1. The average molecular weight is 288 g/mol. The lowest BCUT2D eigenvalue weighted by Crippen LogP contribution is -2.28. The van der Waals surface area contributed by atoms with Gasteiger partial charge in [-0.15, -0.1) is 5.10 Å². The number of benzene rings is 1. The molecule has 2 rings (SSSR count). The SMILES string of the molecule is CCC(NC(=O)c1cn(CC(=O)O)nn1)c1ccccc1. The summed E-state index contributed by atoms with van der Waals surface area (Å²) in [4.78, 5) is 22.7. The van der Waals surface area contributed by atoms with Crippen LogP contribution in [-0.2, 0) is 11.3 Å². The van der Waals surface area contributed by atoms with Crippen molar-refractivity contribution in [3.63, 3.8) is 0 Å². The second kappa shape index (κ2) is 6.65. The minimum atomic E-state index is -1.04. The van der Waals surface area contributed by atoms with Gasteiger partial charge in [-0.2, -0.15) is 0 Å². The molecule has 1 unspecified atom stereocenters. The molecule has 0 aliphatic heterocycles. The van der Waals surface area contributed by atoms with E-state index in [4.69, 9.17) is 5.11 Å². The van der Waals surface area contributed by atoms with E-state index in [-0.39, 0.29) is 24.2 Å². The van der Waals surface area contributed by atoms with Crippen molar-refractivity contribution in [3.8, 4) is 0 Å². The molecule has 0 fully saturated rings. The van der Waals surface area contributed by atoms with E-state index in [1.165, 1.54) is 6.20 Å². The predicted octanol–water partition coefficient (Wildman–Crippen LogP) is 1.24. The Morgan fingerprint density at radius 1 is 1.33 bits per heavy atom. The third-order valence-electron chi connectivity index (χ3n) is 2.98. The van der Waals surface area contributed by atoms with Crippen LogP contribution in [0.2, 0.25) is 0 Å². The predicted molar refractivity (Wildman–Crippen MR) is 74.6 cm³/mol. The molecule has 21 heavy (non-hydrogen) atoms. The molecule has 1 aromatic carbocycles. The number of aromatic nitrogens is 3. The second-order valence-corrected chi connectivity index (χ2v) is 4.54. The van der Waals surface area contributed by atoms with E-state index >= 15 is 0 Å². The number of carboxylic acids is 1. The zero-order chi connectivity index (χ0) is 15.2. The highest BCUT2D eigenvalue weighted by atomic mass is 16.4. The molecule has 1 aromatic heterocycles. The van der Waals surface area contributed by atoms with Crippen LogP contribution >= 0.6 is 0 Å². The van der Waals surface area contributed by atoms with E-state index in [1.54, 1.807) is 0 Å². The molecule has 0 radical (unpaired) electrons. The molecule has 0 saturated carbocycles. The molecule has 1 atom stereocenters. The van der Waals surface area contributed by atoms with Crippen molar-refractivity contribution in [1.82, 2.24) is 20.3 Å². The summed E-state index contributed by atoms with van der Waals surface area (Å²) in [5.74, 6) is -1.41. The Kier molecular flexibility index (Phi) is 4.65. The van der Waals surface area contributed by atoms with Crippen LogP contribution in [0.5, 0.6) is 0 Å². The van der Waals surface area contributed by atoms with E-state index < -0.39 is 5.97 Å². The van der Waals surface area contributed by atoms with Crippen molar-refractivity contribution >= 4 is 11.9 Å². The van der Waals surface area contributed by atoms with Gasteiger partial charge < -0.3 is 10.4 Å². The molecule has 0 saturated heterocycles. The molecule has 110 valence electrons. The first-order chi connectivity index (χ1) is 10.1. The number of rotatable bonds is 6. The van der Waals surface area contributed by atoms with Crippen LogP contribution in [0.3, 0.4) is 0 Å². The fraction of sp³-hybridized carbons (Fsp3) is 0.286. The summed E-state index contributed by atoms with van der Waals surface area (Å²) in [7, 11) is 0. The minimum Gasteiger partial charge on any atom is -0.480 e. The lowest BCUT2D eigenvalue weighted by Gasteiger charge is -2.16. The van der Waals surface area contributed by atoms with Crippen LogP contribution in [0, 0.1) is 0 Å². The van der Waals surface area contributed by atoms with E-state index in [1.807, 2.05) is 37.3 Å². The van der Waals surface area contributed by atoms with Crippen LogP contribution in [0.15, 0.2) is 36.5 Å². The zero-order valence-electron chi connectivity index (χ0n) is 11.6. The fourth-order valence-electron chi connectivity index (χ4n) is 1.96. The molecular weight excluding hydrogens is 272 g/mol. The molecule has 0 bridgehead atoms. The number of hydrogen-bond donors (Lipinski definition) is 2. The first-order valence-corrected chi connectivity index (χ1v) is 6.58. The number of nitrogens with zero attached hydrogens (tertiary/aromatic N) is 3. The van der Waals surface area contributed by atoms with Crippen molar-refractivity contribution in [2.24, 2.45) is 0 Å². The first kappa shape index (κ1) is 14.7. The topological polar surface area (TPSA) is 97.1 Å². The highest BCUT2D eigenvalue weighted by Gasteiger charge is 2.17. The maximum atomic E-state index is 12.1. The molecule has 1 amide bonds. The third-order valence-corrected chi connectivity index (χ3v) is 2.98. The van der Waals surface area contributed by atoms with Crippen molar-refractivity contribution in [2.45, 2.75) is 25.9 Å². The van der Waals surface area contributed by atoms with Crippen LogP contribution in [0.1, 0.15) is 35.4 Å². The summed E-state index contributed by atoms with van der Waals surface area (Å²) in [5.41, 5.74) is 1.11. The Hall–Kier alpha value is -2.70. The molecule has 0 spiro atoms. The normalized spacial score (nSPS) is 11.9. The van der Waals surface area contributed by atoms with Crippen LogP contribution in [0.25, 0.3) is 0 Å². The van der Waals surface area contributed by atoms with Gasteiger partial charge in [0.15, 0.2) is 5.69 Å². The van der Waals surface area contributed by atoms with E-state index in [0.29, 0.717) is 0 Å². The molecule has 7 nitrogen and oxygen atoms in total. The zero-order valence-corrected chi connectivity index (χ0v) is 11.6. The Labute approximate surface area is 121 Å². The van der Waals surface area contributed by atoms with Crippen molar-refractivity contribution < 1.29 is 14.7 Å². The van der Waals surface area contributed by atoms with Gasteiger partial charge in [0.1, 0.15) is 6.54 Å². The molecule has 0 aliphatic rings. The van der Waals surface area contributed by atoms with Gasteiger partial charge in [0.05, 0.1) is 12.2 Å². The van der Waals surface area contributed by atoms with Crippen molar-refractivity contribution in [2.75, 3.05) is 0 Å². The quantitative estimate of drug-likeness (QED) is 0.833. The maximum Gasteiger partial charge on any atom is 0.325 e. The maximum absolute atomic E-state index is 12.1. The van der Waals surface area contributed by atoms with Gasteiger partial charge in [-0.3, -0.25) is 9.59 Å². The Balaban J connectivity index is 2.06. The molecule has 1 heterocycles. The summed E-state index contributed by atoms with van der Waals surface area (Å²) in [6.45, 7) is 1.65. The summed E-state index contributed by atoms with van der Waals surface area (Å²) < 4.78 is 1.11. The van der Waals surface area contributed by atoms with Gasteiger partial charge in [-0.25, -0.2) is 4.68 Å². The molecule has 2 N–H and O–H groups in total. The highest BCUT2D eigenvalue weighted by molar-refractivity contribution is 5.92. The monoisotopic (exact) mass is 288 g/mol. The number of nitrogens with one attached hydrogen (secondary N) is 1. The summed E-state index contributed by atoms with van der Waals surface area (Å²) in [6.07, 6.45) is 2.06. The first-order valence-electron chi connectivity index (χ1n) is 6.58. The number of hydrogen-bond acceptors (Lipinski definition) is 4. The average Bonchev–Trinajstić information content (AvgIpc) is 2.93. The minimum absolute atomic E-state index is 0.102. The Bertz CT molecular complexity index is 624. The number of carbonyl (C=O) groups excluding carboxylic acids is 1. The van der Waals surface area contributed by atoms with Gasteiger partial charge in [-0.1, -0.05) is 42.5 Å². The van der Waals surface area contributed by atoms with Crippen LogP contribution in [0.4, 0.5) is 0 Å². The number of carboxylic acid groups (broad SMARTS) is 1. The molecule has 7 heteroatoms. The summed E-state index contributed by atoms with van der Waals surface area (Å²) in [6, 6.07) is 9.49. The lowest BCUT2D eigenvalue weighted by atomic mass is 10.0. The standard InChI is InChI=1S/C14H16N4O3/c1-2-11(10-6-4-3-5-7-10)15-14(21)12-8-18(17-16-12)9-13(19)20/h3-8,11H,2,9H2,1H3,(H,15,21)(H,19,20). The molecule has 2 aromatic rings. The number of carbonyl (C=O) groups is 2. The van der Waals surface area contributed by atoms with E-state index in [9.17, 15) is 9.59 Å². The largest absolute Gasteiger partial charge is 0.480 e. The molecular formula is C14H16N4O3. The Morgan fingerprint density at radius 3 is 2.67 bits per heavy atom. The number of amides is 1. The van der Waals surface area contributed by atoms with Crippen molar-refractivity contribution in [3.05, 3.63) is 47.8 Å². The third kappa shape index (κ3) is 3.88. The van der Waals surface area contributed by atoms with Crippen molar-refractivity contribution in [1.29, 1.82) is 0 Å². The van der Waals surface area contributed by atoms with Gasteiger partial charge in [0, 0.05) is 0 Å². The second-order valence-electron chi connectivity index (χ2n) is 4.54. The van der Waals surface area contributed by atoms with Gasteiger partial charge in [0.25, 0.3) is 5.91 Å². The fourth-order valence-corrected chi connectivity index (χ4v) is 1.96. The Morgan fingerprint density at radius 2 is 2.05 bits per heavy atom. The van der Waals surface area contributed by atoms with Gasteiger partial charge >= 0.3 is 5.97 Å². The highest BCUT2D eigenvalue weighted by Crippen LogP contribution is 2.16. The summed E-state index contributed by atoms with van der Waals surface area (Å²) >= 11 is 0. The van der Waals surface area contributed by atoms with Crippen LogP contribution in [-0.4, -0.2) is 32.0 Å². The van der Waals surface area contributed by atoms with Gasteiger partial charge in [-0.05, 0) is 12.0 Å². The molecule has 0 aliphatic carbocycles. The lowest BCUT2D eigenvalue weighted by molar-refractivity contribution is -0.137. The van der Waals surface area contributed by atoms with E-state index in [0.717, 1.165) is 16.7 Å². The van der Waals surface area contributed by atoms with E-state index in [2.05, 4.69) is 15.6 Å². The smallest absolute Gasteiger partial charge is 0.325 e.